The van der Waals surface area contributed by atoms with Crippen LogP contribution in [0.3, 0.4) is 0 Å². The summed E-state index contributed by atoms with van der Waals surface area (Å²) in [5.74, 6) is 0.757. The molecule has 2 aromatic rings. The summed E-state index contributed by atoms with van der Waals surface area (Å²) in [5.41, 5.74) is 1.12. The standard InChI is InChI=1S/C15H10O3/c16-12-7-3-1-5-10(12)9-14-15(17)11-6-2-4-8-13(11)18-14/h1-9,16H. The van der Waals surface area contributed by atoms with Gasteiger partial charge in [0.15, 0.2) is 5.76 Å². The molecule has 0 amide bonds. The average molecular weight is 238 g/mol. The fourth-order valence-corrected chi connectivity index (χ4v) is 1.89. The number of phenolic OH excluding ortho intramolecular Hbond substituents is 1. The molecule has 3 rings (SSSR count). The van der Waals surface area contributed by atoms with Gasteiger partial charge in [0.25, 0.3) is 0 Å². The number of aromatic hydroxyl groups is 1. The number of Topliss-reactive ketones (excluding diaryl/α,β-unsaturated/α-hetero) is 1. The number of allylic oxidation sites excluding steroid dienone is 1. The van der Waals surface area contributed by atoms with Crippen LogP contribution in [-0.4, -0.2) is 10.9 Å². The number of fused-ring (bicyclic) bond motifs is 1. The second-order valence-corrected chi connectivity index (χ2v) is 3.99. The first kappa shape index (κ1) is 10.6. The summed E-state index contributed by atoms with van der Waals surface area (Å²) in [6.45, 7) is 0. The molecule has 3 nitrogen and oxygen atoms in total. The fourth-order valence-electron chi connectivity index (χ4n) is 1.89. The highest BCUT2D eigenvalue weighted by Gasteiger charge is 2.26. The predicted molar refractivity (Wildman–Crippen MR) is 67.5 cm³/mol. The molecule has 0 saturated carbocycles. The molecule has 0 unspecified atom stereocenters. The monoisotopic (exact) mass is 238 g/mol. The minimum atomic E-state index is -0.158. The van der Waals surface area contributed by atoms with Crippen molar-refractivity contribution in [2.75, 3.05) is 0 Å². The molecule has 0 bridgehead atoms. The first-order chi connectivity index (χ1) is 8.75. The van der Waals surface area contributed by atoms with Gasteiger partial charge in [0.2, 0.25) is 5.78 Å². The Bertz CT molecular complexity index is 656. The molecule has 2 aromatic carbocycles. The summed E-state index contributed by atoms with van der Waals surface area (Å²) in [4.78, 5) is 12.0. The van der Waals surface area contributed by atoms with Gasteiger partial charge >= 0.3 is 0 Å². The Morgan fingerprint density at radius 3 is 2.50 bits per heavy atom. The van der Waals surface area contributed by atoms with Gasteiger partial charge in [0.1, 0.15) is 11.5 Å². The summed E-state index contributed by atoms with van der Waals surface area (Å²) < 4.78 is 5.48. The van der Waals surface area contributed by atoms with E-state index in [4.69, 9.17) is 4.74 Å². The predicted octanol–water partition coefficient (Wildman–Crippen LogP) is 3.01. The first-order valence-corrected chi connectivity index (χ1v) is 5.57. The maximum absolute atomic E-state index is 12.0. The van der Waals surface area contributed by atoms with Gasteiger partial charge < -0.3 is 9.84 Å². The van der Waals surface area contributed by atoms with Crippen molar-refractivity contribution >= 4 is 11.9 Å². The van der Waals surface area contributed by atoms with Gasteiger partial charge in [0, 0.05) is 5.56 Å². The molecular weight excluding hydrogens is 228 g/mol. The SMILES string of the molecule is O=C1C(=Cc2ccccc2O)Oc2ccccc21. The molecule has 3 heteroatoms. The molecule has 1 N–H and O–H groups in total. The van der Waals surface area contributed by atoms with Crippen LogP contribution in [0.25, 0.3) is 6.08 Å². The number of phenols is 1. The molecule has 0 fully saturated rings. The van der Waals surface area contributed by atoms with Gasteiger partial charge in [-0.15, -0.1) is 0 Å². The number of para-hydroxylation sites is 2. The first-order valence-electron chi connectivity index (χ1n) is 5.57. The van der Waals surface area contributed by atoms with Crippen molar-refractivity contribution in [1.29, 1.82) is 0 Å². The van der Waals surface area contributed by atoms with Crippen molar-refractivity contribution in [3.05, 3.63) is 65.4 Å². The lowest BCUT2D eigenvalue weighted by molar-refractivity contribution is 0.101. The van der Waals surface area contributed by atoms with Crippen molar-refractivity contribution in [3.63, 3.8) is 0 Å². The van der Waals surface area contributed by atoms with Crippen LogP contribution in [0.15, 0.2) is 54.3 Å². The second-order valence-electron chi connectivity index (χ2n) is 3.99. The third-order valence-electron chi connectivity index (χ3n) is 2.80. The van der Waals surface area contributed by atoms with Gasteiger partial charge in [-0.2, -0.15) is 0 Å². The summed E-state index contributed by atoms with van der Waals surface area (Å²) in [6.07, 6.45) is 1.55. The lowest BCUT2D eigenvalue weighted by Crippen LogP contribution is -1.97. The summed E-state index contributed by atoms with van der Waals surface area (Å²) in [7, 11) is 0. The summed E-state index contributed by atoms with van der Waals surface area (Å²) in [6, 6.07) is 13.9. The maximum atomic E-state index is 12.0. The van der Waals surface area contributed by atoms with E-state index in [0.29, 0.717) is 16.9 Å². The van der Waals surface area contributed by atoms with Crippen molar-refractivity contribution in [1.82, 2.24) is 0 Å². The molecule has 18 heavy (non-hydrogen) atoms. The normalized spacial score (nSPS) is 15.6. The number of ketones is 1. The van der Waals surface area contributed by atoms with E-state index in [1.54, 1.807) is 48.5 Å². The van der Waals surface area contributed by atoms with Gasteiger partial charge in [-0.1, -0.05) is 30.3 Å². The minimum Gasteiger partial charge on any atom is -0.507 e. The van der Waals surface area contributed by atoms with Crippen LogP contribution in [0.1, 0.15) is 15.9 Å². The molecule has 1 aliphatic heterocycles. The van der Waals surface area contributed by atoms with E-state index in [-0.39, 0.29) is 17.3 Å². The average Bonchev–Trinajstić information content (AvgIpc) is 2.70. The zero-order valence-electron chi connectivity index (χ0n) is 9.46. The van der Waals surface area contributed by atoms with E-state index < -0.39 is 0 Å². The fraction of sp³-hybridized carbons (Fsp3) is 0. The lowest BCUT2D eigenvalue weighted by Gasteiger charge is -2.00. The third kappa shape index (κ3) is 1.66. The summed E-state index contributed by atoms with van der Waals surface area (Å²) in [5, 5.41) is 9.66. The second kappa shape index (κ2) is 4.04. The van der Waals surface area contributed by atoms with E-state index in [1.807, 2.05) is 6.07 Å². The van der Waals surface area contributed by atoms with E-state index in [9.17, 15) is 9.90 Å². The van der Waals surface area contributed by atoms with E-state index in [2.05, 4.69) is 0 Å². The molecule has 0 spiro atoms. The largest absolute Gasteiger partial charge is 0.507 e. The molecule has 0 aliphatic carbocycles. The molecule has 0 saturated heterocycles. The van der Waals surface area contributed by atoms with Crippen molar-refractivity contribution in [3.8, 4) is 11.5 Å². The van der Waals surface area contributed by atoms with Crippen LogP contribution >= 0.6 is 0 Å². The molecule has 1 aliphatic rings. The van der Waals surface area contributed by atoms with Crippen LogP contribution in [0.5, 0.6) is 11.5 Å². The molecule has 1 heterocycles. The molecule has 0 radical (unpaired) electrons. The quantitative estimate of drug-likeness (QED) is 0.777. The Morgan fingerprint density at radius 2 is 1.72 bits per heavy atom. The number of hydrogen-bond donors (Lipinski definition) is 1. The van der Waals surface area contributed by atoms with Gasteiger partial charge in [-0.05, 0) is 24.3 Å². The number of rotatable bonds is 1. The highest BCUT2D eigenvalue weighted by Crippen LogP contribution is 2.32. The van der Waals surface area contributed by atoms with Crippen LogP contribution in [-0.2, 0) is 0 Å². The zero-order valence-corrected chi connectivity index (χ0v) is 9.46. The van der Waals surface area contributed by atoms with Crippen molar-refractivity contribution < 1.29 is 14.6 Å². The Labute approximate surface area is 104 Å². The Hall–Kier alpha value is -2.55. The zero-order chi connectivity index (χ0) is 12.5. The van der Waals surface area contributed by atoms with Crippen LogP contribution in [0.4, 0.5) is 0 Å². The van der Waals surface area contributed by atoms with E-state index >= 15 is 0 Å². The highest BCUT2D eigenvalue weighted by molar-refractivity contribution is 6.14. The van der Waals surface area contributed by atoms with E-state index in [0.717, 1.165) is 0 Å². The van der Waals surface area contributed by atoms with Crippen molar-refractivity contribution in [2.45, 2.75) is 0 Å². The van der Waals surface area contributed by atoms with Crippen molar-refractivity contribution in [2.24, 2.45) is 0 Å². The number of carbonyl (C=O) groups excluding carboxylic acids is 1. The smallest absolute Gasteiger partial charge is 0.231 e. The third-order valence-corrected chi connectivity index (χ3v) is 2.80. The van der Waals surface area contributed by atoms with E-state index in [1.165, 1.54) is 0 Å². The lowest BCUT2D eigenvalue weighted by atomic mass is 10.1. The van der Waals surface area contributed by atoms with Gasteiger partial charge in [0.05, 0.1) is 5.56 Å². The Balaban J connectivity index is 2.02. The van der Waals surface area contributed by atoms with Gasteiger partial charge in [-0.25, -0.2) is 0 Å². The Morgan fingerprint density at radius 1 is 1.00 bits per heavy atom. The maximum Gasteiger partial charge on any atom is 0.231 e. The number of hydrogen-bond acceptors (Lipinski definition) is 3. The number of benzene rings is 2. The molecule has 0 aromatic heterocycles. The highest BCUT2D eigenvalue weighted by atomic mass is 16.5. The van der Waals surface area contributed by atoms with Crippen LogP contribution in [0, 0.1) is 0 Å². The topological polar surface area (TPSA) is 46.5 Å². The number of ether oxygens (including phenoxy) is 1. The van der Waals surface area contributed by atoms with Gasteiger partial charge in [-0.3, -0.25) is 4.79 Å². The molecular formula is C15H10O3. The number of carbonyl (C=O) groups is 1. The Kier molecular flexibility index (Phi) is 2.38. The minimum absolute atomic E-state index is 0.123. The van der Waals surface area contributed by atoms with Crippen LogP contribution < -0.4 is 4.74 Å². The van der Waals surface area contributed by atoms with Crippen LogP contribution in [0.2, 0.25) is 0 Å². The summed E-state index contributed by atoms with van der Waals surface area (Å²) >= 11 is 0. The molecule has 0 atom stereocenters. The molecule has 88 valence electrons.